The molecular weight excluding hydrogens is 403 g/mol. The monoisotopic (exact) mass is 425 g/mol. The molecular formula is C22H23ClF3NO2. The predicted octanol–water partition coefficient (Wildman–Crippen LogP) is 6.53. The van der Waals surface area contributed by atoms with Crippen LogP contribution in [0.4, 0.5) is 13.2 Å². The number of carbonyl (C=O) groups excluding carboxylic acids is 1. The fourth-order valence-electron chi connectivity index (χ4n) is 2.95. The molecule has 156 valence electrons. The fourth-order valence-corrected chi connectivity index (χ4v) is 3.17. The number of benzene rings is 2. The van der Waals surface area contributed by atoms with E-state index in [-0.39, 0.29) is 11.7 Å². The van der Waals surface area contributed by atoms with Crippen LogP contribution in [0.5, 0.6) is 5.75 Å². The van der Waals surface area contributed by atoms with Crippen LogP contribution in [0.3, 0.4) is 0 Å². The van der Waals surface area contributed by atoms with Crippen molar-refractivity contribution in [3.8, 4) is 16.9 Å². The molecule has 2 aromatic rings. The third kappa shape index (κ3) is 6.00. The highest BCUT2D eigenvalue weighted by Crippen LogP contribution is 2.35. The maximum Gasteiger partial charge on any atom is 0.573 e. The van der Waals surface area contributed by atoms with E-state index in [4.69, 9.17) is 11.6 Å². The minimum atomic E-state index is -4.74. The molecule has 0 spiro atoms. The zero-order chi connectivity index (χ0) is 21.8. The van der Waals surface area contributed by atoms with Crippen LogP contribution in [0, 0.1) is 6.92 Å². The summed E-state index contributed by atoms with van der Waals surface area (Å²) in [5.41, 5.74) is 4.53. The van der Waals surface area contributed by atoms with Gasteiger partial charge in [-0.2, -0.15) is 0 Å². The normalized spacial score (nSPS) is 12.4. The van der Waals surface area contributed by atoms with Crippen molar-refractivity contribution in [3.63, 3.8) is 0 Å². The standard InChI is InChI=1S/C22H23ClF3NO2/c1-5-10-27-21(28)14(3)13(2)19-11-17(23)12-20(15(19)4)16-6-8-18(9-7-16)29-22(24,25)26/h6-9,11-12H,5,10H2,1-4H3,(H,27,28)/b14-13+. The summed E-state index contributed by atoms with van der Waals surface area (Å²) in [4.78, 5) is 12.3. The lowest BCUT2D eigenvalue weighted by Gasteiger charge is -2.16. The number of nitrogens with one attached hydrogen (secondary N) is 1. The molecule has 0 aliphatic rings. The van der Waals surface area contributed by atoms with Crippen molar-refractivity contribution in [2.24, 2.45) is 0 Å². The number of allylic oxidation sites excluding steroid dienone is 1. The second kappa shape index (κ2) is 9.35. The van der Waals surface area contributed by atoms with Crippen molar-refractivity contribution >= 4 is 23.1 Å². The van der Waals surface area contributed by atoms with E-state index in [1.807, 2.05) is 20.8 Å². The lowest BCUT2D eigenvalue weighted by molar-refractivity contribution is -0.274. The van der Waals surface area contributed by atoms with Gasteiger partial charge in [0.25, 0.3) is 0 Å². The molecule has 1 N–H and O–H groups in total. The molecule has 0 bridgehead atoms. The minimum Gasteiger partial charge on any atom is -0.406 e. The van der Waals surface area contributed by atoms with Gasteiger partial charge < -0.3 is 10.1 Å². The van der Waals surface area contributed by atoms with Gasteiger partial charge in [-0.05, 0) is 79.3 Å². The number of amides is 1. The van der Waals surface area contributed by atoms with E-state index in [0.717, 1.165) is 28.7 Å². The summed E-state index contributed by atoms with van der Waals surface area (Å²) in [5, 5.41) is 3.32. The lowest BCUT2D eigenvalue weighted by atomic mass is 9.91. The smallest absolute Gasteiger partial charge is 0.406 e. The van der Waals surface area contributed by atoms with E-state index >= 15 is 0 Å². The summed E-state index contributed by atoms with van der Waals surface area (Å²) in [6, 6.07) is 9.14. The molecule has 7 heteroatoms. The second-order valence-electron chi connectivity index (χ2n) is 6.70. The summed E-state index contributed by atoms with van der Waals surface area (Å²) in [6.45, 7) is 8.06. The number of ether oxygens (including phenoxy) is 1. The molecule has 0 unspecified atom stereocenters. The van der Waals surface area contributed by atoms with Gasteiger partial charge in [0, 0.05) is 17.1 Å². The number of rotatable bonds is 6. The maximum absolute atomic E-state index is 12.4. The van der Waals surface area contributed by atoms with Crippen molar-refractivity contribution in [1.82, 2.24) is 5.32 Å². The first kappa shape index (κ1) is 22.8. The van der Waals surface area contributed by atoms with Crippen LogP contribution in [0.1, 0.15) is 38.3 Å². The van der Waals surface area contributed by atoms with Gasteiger partial charge in [0.15, 0.2) is 0 Å². The molecule has 1 amide bonds. The summed E-state index contributed by atoms with van der Waals surface area (Å²) >= 11 is 6.31. The van der Waals surface area contributed by atoms with Gasteiger partial charge in [-0.25, -0.2) is 0 Å². The summed E-state index contributed by atoms with van der Waals surface area (Å²) < 4.78 is 41.0. The molecule has 0 saturated carbocycles. The van der Waals surface area contributed by atoms with Crippen LogP contribution >= 0.6 is 11.6 Å². The second-order valence-corrected chi connectivity index (χ2v) is 7.14. The third-order valence-corrected chi connectivity index (χ3v) is 4.83. The van der Waals surface area contributed by atoms with Gasteiger partial charge in [0.05, 0.1) is 0 Å². The number of hydrogen-bond acceptors (Lipinski definition) is 2. The largest absolute Gasteiger partial charge is 0.573 e. The van der Waals surface area contributed by atoms with Gasteiger partial charge in [-0.15, -0.1) is 13.2 Å². The topological polar surface area (TPSA) is 38.3 Å². The number of hydrogen-bond donors (Lipinski definition) is 1. The first-order valence-corrected chi connectivity index (χ1v) is 9.53. The Morgan fingerprint density at radius 3 is 2.31 bits per heavy atom. The molecule has 0 aliphatic heterocycles. The lowest BCUT2D eigenvalue weighted by Crippen LogP contribution is -2.25. The van der Waals surface area contributed by atoms with E-state index in [1.165, 1.54) is 12.1 Å². The molecule has 2 rings (SSSR count). The number of alkyl halides is 3. The highest BCUT2D eigenvalue weighted by Gasteiger charge is 2.31. The van der Waals surface area contributed by atoms with Crippen LogP contribution in [0.25, 0.3) is 16.7 Å². The SMILES string of the molecule is CCCNC(=O)/C(C)=C(\C)c1cc(Cl)cc(-c2ccc(OC(F)(F)F)cc2)c1C. The van der Waals surface area contributed by atoms with E-state index in [1.54, 1.807) is 31.2 Å². The van der Waals surface area contributed by atoms with E-state index in [2.05, 4.69) is 10.1 Å². The van der Waals surface area contributed by atoms with Crippen molar-refractivity contribution in [3.05, 3.63) is 58.1 Å². The van der Waals surface area contributed by atoms with Crippen LogP contribution in [0.2, 0.25) is 5.02 Å². The molecule has 2 aromatic carbocycles. The van der Waals surface area contributed by atoms with Crippen LogP contribution in [-0.2, 0) is 4.79 Å². The van der Waals surface area contributed by atoms with Crippen molar-refractivity contribution in [2.75, 3.05) is 6.54 Å². The van der Waals surface area contributed by atoms with E-state index in [0.29, 0.717) is 22.7 Å². The zero-order valence-electron chi connectivity index (χ0n) is 16.7. The molecule has 0 atom stereocenters. The van der Waals surface area contributed by atoms with Gasteiger partial charge in [0.1, 0.15) is 5.75 Å². The van der Waals surface area contributed by atoms with Crippen LogP contribution in [-0.4, -0.2) is 18.8 Å². The summed E-state index contributed by atoms with van der Waals surface area (Å²) in [5.74, 6) is -0.431. The first-order chi connectivity index (χ1) is 13.5. The van der Waals surface area contributed by atoms with Crippen LogP contribution < -0.4 is 10.1 Å². The highest BCUT2D eigenvalue weighted by molar-refractivity contribution is 6.31. The quantitative estimate of drug-likeness (QED) is 0.534. The Morgan fingerprint density at radius 1 is 1.14 bits per heavy atom. The molecule has 0 fully saturated rings. The Bertz CT molecular complexity index is 919. The first-order valence-electron chi connectivity index (χ1n) is 9.16. The third-order valence-electron chi connectivity index (χ3n) is 4.61. The van der Waals surface area contributed by atoms with Gasteiger partial charge in [0.2, 0.25) is 5.91 Å². The Kier molecular flexibility index (Phi) is 7.36. The number of carbonyl (C=O) groups is 1. The van der Waals surface area contributed by atoms with E-state index < -0.39 is 6.36 Å². The van der Waals surface area contributed by atoms with Crippen molar-refractivity contribution in [1.29, 1.82) is 0 Å². The molecule has 3 nitrogen and oxygen atoms in total. The van der Waals surface area contributed by atoms with Crippen LogP contribution in [0.15, 0.2) is 42.0 Å². The van der Waals surface area contributed by atoms with Crippen molar-refractivity contribution < 1.29 is 22.7 Å². The van der Waals surface area contributed by atoms with Crippen molar-refractivity contribution in [2.45, 2.75) is 40.5 Å². The van der Waals surface area contributed by atoms with Gasteiger partial charge in [-0.1, -0.05) is 30.7 Å². The molecule has 0 radical (unpaired) electrons. The minimum absolute atomic E-state index is 0.140. The van der Waals surface area contributed by atoms with Gasteiger partial charge >= 0.3 is 6.36 Å². The Labute approximate surface area is 173 Å². The molecule has 0 aliphatic carbocycles. The maximum atomic E-state index is 12.4. The summed E-state index contributed by atoms with van der Waals surface area (Å²) in [6.07, 6.45) is -3.90. The number of halogens is 4. The molecule has 0 heterocycles. The Balaban J connectivity index is 2.44. The fraction of sp³-hybridized carbons (Fsp3) is 0.318. The summed E-state index contributed by atoms with van der Waals surface area (Å²) in [7, 11) is 0. The molecule has 0 saturated heterocycles. The average molecular weight is 426 g/mol. The molecule has 0 aromatic heterocycles. The zero-order valence-corrected chi connectivity index (χ0v) is 17.5. The average Bonchev–Trinajstić information content (AvgIpc) is 2.66. The Morgan fingerprint density at radius 2 is 1.76 bits per heavy atom. The van der Waals surface area contributed by atoms with E-state index in [9.17, 15) is 18.0 Å². The van der Waals surface area contributed by atoms with Gasteiger partial charge in [-0.3, -0.25) is 4.79 Å². The molecule has 29 heavy (non-hydrogen) atoms. The predicted molar refractivity (Wildman–Crippen MR) is 110 cm³/mol. The highest BCUT2D eigenvalue weighted by atomic mass is 35.5. The Hall–Kier alpha value is -2.47.